The summed E-state index contributed by atoms with van der Waals surface area (Å²) in [6, 6.07) is 0. The second-order valence-corrected chi connectivity index (χ2v) is 4.69. The lowest BCUT2D eigenvalue weighted by atomic mass is 9.86. The van der Waals surface area contributed by atoms with E-state index in [9.17, 15) is 0 Å². The Morgan fingerprint density at radius 3 is 2.62 bits per heavy atom. The summed E-state index contributed by atoms with van der Waals surface area (Å²) >= 11 is 0. The predicted octanol–water partition coefficient (Wildman–Crippen LogP) is 0.918. The smallest absolute Gasteiger partial charge is 0.0436 e. The van der Waals surface area contributed by atoms with E-state index in [1.165, 1.54) is 0 Å². The van der Waals surface area contributed by atoms with E-state index in [4.69, 9.17) is 10.8 Å². The standard InChI is InChI=1S/C12H25N3O/c1-12(2,5-7-16)4-6-15-10-11(8-13)9-14-3/h8-9,15-16H,4-7,10,13H2,1-3H3. The summed E-state index contributed by atoms with van der Waals surface area (Å²) in [6.45, 7) is 6.24. The van der Waals surface area contributed by atoms with Crippen molar-refractivity contribution in [3.8, 4) is 0 Å². The van der Waals surface area contributed by atoms with Crippen molar-refractivity contribution in [2.45, 2.75) is 26.7 Å². The molecule has 0 spiro atoms. The van der Waals surface area contributed by atoms with Crippen LogP contribution in [0.4, 0.5) is 0 Å². The number of hydrogen-bond acceptors (Lipinski definition) is 4. The molecule has 0 aromatic rings. The Morgan fingerprint density at radius 2 is 2.12 bits per heavy atom. The van der Waals surface area contributed by atoms with Gasteiger partial charge in [-0.15, -0.1) is 0 Å². The van der Waals surface area contributed by atoms with Gasteiger partial charge in [-0.25, -0.2) is 0 Å². The molecule has 0 rings (SSSR count). The maximum atomic E-state index is 8.89. The van der Waals surface area contributed by atoms with Crippen molar-refractivity contribution in [1.29, 1.82) is 0 Å². The molecule has 94 valence electrons. The van der Waals surface area contributed by atoms with Gasteiger partial charge in [0, 0.05) is 26.4 Å². The number of hydrogen-bond donors (Lipinski definition) is 3. The van der Waals surface area contributed by atoms with E-state index >= 15 is 0 Å². The first-order valence-electron chi connectivity index (χ1n) is 5.70. The molecular formula is C12H25N3O. The Labute approximate surface area is 98.6 Å². The molecule has 0 fully saturated rings. The molecule has 16 heavy (non-hydrogen) atoms. The van der Waals surface area contributed by atoms with Gasteiger partial charge < -0.3 is 16.2 Å². The van der Waals surface area contributed by atoms with Crippen LogP contribution < -0.4 is 11.1 Å². The first-order valence-corrected chi connectivity index (χ1v) is 5.70. The number of aliphatic imine (C=N–C) groups is 1. The summed E-state index contributed by atoms with van der Waals surface area (Å²) in [7, 11) is 1.73. The third-order valence-corrected chi connectivity index (χ3v) is 2.61. The van der Waals surface area contributed by atoms with Gasteiger partial charge in [0.2, 0.25) is 0 Å². The van der Waals surface area contributed by atoms with Crippen LogP contribution in [0.15, 0.2) is 16.8 Å². The van der Waals surface area contributed by atoms with E-state index in [-0.39, 0.29) is 12.0 Å². The van der Waals surface area contributed by atoms with Crippen LogP contribution in [0.1, 0.15) is 26.7 Å². The highest BCUT2D eigenvalue weighted by atomic mass is 16.3. The molecule has 0 aliphatic rings. The molecule has 4 heteroatoms. The molecule has 0 aromatic heterocycles. The van der Waals surface area contributed by atoms with Crippen LogP contribution in [0.5, 0.6) is 0 Å². The highest BCUT2D eigenvalue weighted by molar-refractivity contribution is 5.78. The first kappa shape index (κ1) is 15.1. The molecule has 0 saturated heterocycles. The van der Waals surface area contributed by atoms with Crippen LogP contribution in [0, 0.1) is 5.41 Å². The van der Waals surface area contributed by atoms with Crippen LogP contribution >= 0.6 is 0 Å². The summed E-state index contributed by atoms with van der Waals surface area (Å²) in [5.41, 5.74) is 6.62. The van der Waals surface area contributed by atoms with Crippen molar-refractivity contribution in [3.63, 3.8) is 0 Å². The Morgan fingerprint density at radius 1 is 1.44 bits per heavy atom. The minimum absolute atomic E-state index is 0.188. The molecule has 0 unspecified atom stereocenters. The molecule has 0 atom stereocenters. The number of nitrogens with two attached hydrogens (primary N) is 1. The van der Waals surface area contributed by atoms with Crippen LogP contribution in [0.3, 0.4) is 0 Å². The van der Waals surface area contributed by atoms with E-state index in [1.54, 1.807) is 19.5 Å². The number of rotatable bonds is 8. The van der Waals surface area contributed by atoms with Crippen molar-refractivity contribution in [3.05, 3.63) is 11.8 Å². The lowest BCUT2D eigenvalue weighted by Gasteiger charge is -2.23. The second-order valence-electron chi connectivity index (χ2n) is 4.69. The maximum absolute atomic E-state index is 8.89. The molecule has 0 aliphatic heterocycles. The molecular weight excluding hydrogens is 202 g/mol. The SMILES string of the molecule is CN=CC(=CN)CNCCC(C)(C)CCO. The van der Waals surface area contributed by atoms with Crippen molar-refractivity contribution in [2.75, 3.05) is 26.7 Å². The Hall–Kier alpha value is -0.870. The van der Waals surface area contributed by atoms with Gasteiger partial charge in [0.25, 0.3) is 0 Å². The summed E-state index contributed by atoms with van der Waals surface area (Å²) in [5.74, 6) is 0. The van der Waals surface area contributed by atoms with E-state index in [0.29, 0.717) is 0 Å². The van der Waals surface area contributed by atoms with Crippen LogP contribution in [-0.2, 0) is 0 Å². The largest absolute Gasteiger partial charge is 0.404 e. The Balaban J connectivity index is 3.75. The topological polar surface area (TPSA) is 70.6 Å². The van der Waals surface area contributed by atoms with Crippen molar-refractivity contribution in [2.24, 2.45) is 16.1 Å². The molecule has 0 amide bonds. The van der Waals surface area contributed by atoms with Crippen LogP contribution in [0.25, 0.3) is 0 Å². The van der Waals surface area contributed by atoms with Crippen molar-refractivity contribution in [1.82, 2.24) is 5.32 Å². The number of nitrogens with zero attached hydrogens (tertiary/aromatic N) is 1. The number of nitrogens with one attached hydrogen (secondary N) is 1. The predicted molar refractivity (Wildman–Crippen MR) is 69.7 cm³/mol. The van der Waals surface area contributed by atoms with Gasteiger partial charge in [0.1, 0.15) is 0 Å². The number of aliphatic hydroxyl groups excluding tert-OH is 1. The molecule has 4 N–H and O–H groups in total. The van der Waals surface area contributed by atoms with Crippen molar-refractivity contribution < 1.29 is 5.11 Å². The molecule has 4 nitrogen and oxygen atoms in total. The maximum Gasteiger partial charge on any atom is 0.0436 e. The van der Waals surface area contributed by atoms with E-state index in [2.05, 4.69) is 24.2 Å². The minimum Gasteiger partial charge on any atom is -0.404 e. The lowest BCUT2D eigenvalue weighted by Crippen LogP contribution is -2.25. The van der Waals surface area contributed by atoms with Gasteiger partial charge in [0.15, 0.2) is 0 Å². The number of aliphatic hydroxyl groups is 1. The molecule has 0 aliphatic carbocycles. The lowest BCUT2D eigenvalue weighted by molar-refractivity contribution is 0.202. The molecule has 0 saturated carbocycles. The summed E-state index contributed by atoms with van der Waals surface area (Å²) in [6.07, 6.45) is 5.20. The average molecular weight is 227 g/mol. The van der Waals surface area contributed by atoms with E-state index in [1.807, 2.05) is 0 Å². The first-order chi connectivity index (χ1) is 7.55. The molecule has 0 bridgehead atoms. The van der Waals surface area contributed by atoms with Gasteiger partial charge in [-0.1, -0.05) is 13.8 Å². The minimum atomic E-state index is 0.188. The fourth-order valence-corrected chi connectivity index (χ4v) is 1.40. The fourth-order valence-electron chi connectivity index (χ4n) is 1.40. The average Bonchev–Trinajstić information content (AvgIpc) is 2.22. The Bertz CT molecular complexity index is 234. The monoisotopic (exact) mass is 227 g/mol. The summed E-state index contributed by atoms with van der Waals surface area (Å²) in [5, 5.41) is 12.2. The third-order valence-electron chi connectivity index (χ3n) is 2.61. The molecule has 0 radical (unpaired) electrons. The van der Waals surface area contributed by atoms with Gasteiger partial charge in [-0.3, -0.25) is 4.99 Å². The normalized spacial score (nSPS) is 13.6. The van der Waals surface area contributed by atoms with Gasteiger partial charge in [-0.05, 0) is 36.6 Å². The van der Waals surface area contributed by atoms with Crippen molar-refractivity contribution >= 4 is 6.21 Å². The van der Waals surface area contributed by atoms with Gasteiger partial charge in [-0.2, -0.15) is 0 Å². The van der Waals surface area contributed by atoms with Crippen LogP contribution in [-0.4, -0.2) is 38.1 Å². The highest BCUT2D eigenvalue weighted by Crippen LogP contribution is 2.23. The highest BCUT2D eigenvalue weighted by Gasteiger charge is 2.15. The zero-order valence-electron chi connectivity index (χ0n) is 10.7. The third kappa shape index (κ3) is 7.43. The van der Waals surface area contributed by atoms with Gasteiger partial charge >= 0.3 is 0 Å². The Kier molecular flexibility index (Phi) is 7.85. The summed E-state index contributed by atoms with van der Waals surface area (Å²) in [4.78, 5) is 3.92. The molecule has 0 aromatic carbocycles. The zero-order chi connectivity index (χ0) is 12.4. The van der Waals surface area contributed by atoms with E-state index < -0.39 is 0 Å². The van der Waals surface area contributed by atoms with E-state index in [0.717, 1.165) is 31.5 Å². The fraction of sp³-hybridized carbons (Fsp3) is 0.750. The molecule has 0 heterocycles. The summed E-state index contributed by atoms with van der Waals surface area (Å²) < 4.78 is 0. The quantitative estimate of drug-likeness (QED) is 0.426. The zero-order valence-corrected chi connectivity index (χ0v) is 10.7. The second kappa shape index (κ2) is 8.30. The van der Waals surface area contributed by atoms with Gasteiger partial charge in [0.05, 0.1) is 0 Å². The van der Waals surface area contributed by atoms with Crippen LogP contribution in [0.2, 0.25) is 0 Å².